The molecule has 3 aromatic carbocycles. The maximum Gasteiger partial charge on any atom is 0.269 e. The van der Waals surface area contributed by atoms with E-state index in [4.69, 9.17) is 4.74 Å². The van der Waals surface area contributed by atoms with Crippen LogP contribution in [-0.4, -0.2) is 24.4 Å². The number of benzene rings is 3. The van der Waals surface area contributed by atoms with Gasteiger partial charge >= 0.3 is 0 Å². The quantitative estimate of drug-likeness (QED) is 0.387. The number of methoxy groups -OCH3 is 1. The van der Waals surface area contributed by atoms with E-state index in [0.717, 1.165) is 22.2 Å². The standard InChI is InChI=1S/C20H18N2O4/c1-26-19-9-4-14-12-16(3-2-15(14)13-19)20(23)10-11-21-17-5-7-18(8-6-17)22(24)25/h2-9,12-13,21H,10-11H2,1H3. The number of anilines is 1. The molecule has 0 atom stereocenters. The van der Waals surface area contributed by atoms with Crippen molar-refractivity contribution < 1.29 is 14.5 Å². The Hall–Kier alpha value is -3.41. The van der Waals surface area contributed by atoms with Crippen LogP contribution in [0.15, 0.2) is 60.7 Å². The third-order valence-electron chi connectivity index (χ3n) is 4.13. The van der Waals surface area contributed by atoms with Gasteiger partial charge in [0.05, 0.1) is 12.0 Å². The molecule has 132 valence electrons. The lowest BCUT2D eigenvalue weighted by molar-refractivity contribution is -0.384. The molecule has 0 saturated carbocycles. The Morgan fingerprint density at radius 1 is 1.04 bits per heavy atom. The van der Waals surface area contributed by atoms with Gasteiger partial charge in [-0.1, -0.05) is 18.2 Å². The third-order valence-corrected chi connectivity index (χ3v) is 4.13. The normalized spacial score (nSPS) is 10.5. The van der Waals surface area contributed by atoms with Crippen molar-refractivity contribution in [3.05, 3.63) is 76.3 Å². The summed E-state index contributed by atoms with van der Waals surface area (Å²) in [5.74, 6) is 0.820. The fourth-order valence-corrected chi connectivity index (χ4v) is 2.69. The molecular formula is C20H18N2O4. The van der Waals surface area contributed by atoms with Gasteiger partial charge in [-0.2, -0.15) is 0 Å². The first kappa shape index (κ1) is 17.4. The van der Waals surface area contributed by atoms with Crippen molar-refractivity contribution in [2.45, 2.75) is 6.42 Å². The van der Waals surface area contributed by atoms with E-state index in [-0.39, 0.29) is 11.5 Å². The van der Waals surface area contributed by atoms with Crippen LogP contribution >= 0.6 is 0 Å². The van der Waals surface area contributed by atoms with Crippen LogP contribution in [0.5, 0.6) is 5.75 Å². The van der Waals surface area contributed by atoms with Crippen LogP contribution in [0.25, 0.3) is 10.8 Å². The molecule has 1 N–H and O–H groups in total. The first-order valence-electron chi connectivity index (χ1n) is 8.16. The van der Waals surface area contributed by atoms with E-state index in [9.17, 15) is 14.9 Å². The molecular weight excluding hydrogens is 332 g/mol. The molecule has 0 bridgehead atoms. The number of nitrogens with one attached hydrogen (secondary N) is 1. The molecule has 3 aromatic rings. The molecule has 3 rings (SSSR count). The lowest BCUT2D eigenvalue weighted by Crippen LogP contribution is -2.08. The first-order chi connectivity index (χ1) is 12.6. The number of ketones is 1. The topological polar surface area (TPSA) is 81.5 Å². The molecule has 6 heteroatoms. The highest BCUT2D eigenvalue weighted by atomic mass is 16.6. The summed E-state index contributed by atoms with van der Waals surface area (Å²) in [7, 11) is 1.62. The molecule has 0 fully saturated rings. The highest BCUT2D eigenvalue weighted by molar-refractivity contribution is 6.00. The van der Waals surface area contributed by atoms with E-state index in [2.05, 4.69) is 5.32 Å². The van der Waals surface area contributed by atoms with Gasteiger partial charge < -0.3 is 10.1 Å². The van der Waals surface area contributed by atoms with E-state index in [1.807, 2.05) is 36.4 Å². The van der Waals surface area contributed by atoms with E-state index in [0.29, 0.717) is 18.5 Å². The van der Waals surface area contributed by atoms with Gasteiger partial charge in [0, 0.05) is 36.3 Å². The number of nitro groups is 1. The second-order valence-corrected chi connectivity index (χ2v) is 5.83. The largest absolute Gasteiger partial charge is 0.497 e. The maximum absolute atomic E-state index is 12.4. The lowest BCUT2D eigenvalue weighted by atomic mass is 10.0. The van der Waals surface area contributed by atoms with Crippen LogP contribution in [0.3, 0.4) is 0 Å². The van der Waals surface area contributed by atoms with Gasteiger partial charge in [0.15, 0.2) is 5.78 Å². The van der Waals surface area contributed by atoms with E-state index in [1.165, 1.54) is 12.1 Å². The summed E-state index contributed by atoms with van der Waals surface area (Å²) in [6.07, 6.45) is 0.332. The van der Waals surface area contributed by atoms with Crippen molar-refractivity contribution in [1.29, 1.82) is 0 Å². The van der Waals surface area contributed by atoms with Gasteiger partial charge in [-0.25, -0.2) is 0 Å². The molecule has 0 unspecified atom stereocenters. The average Bonchev–Trinajstić information content (AvgIpc) is 2.67. The molecule has 0 aliphatic carbocycles. The number of fused-ring (bicyclic) bond motifs is 1. The minimum absolute atomic E-state index is 0.0390. The molecule has 0 aliphatic heterocycles. The summed E-state index contributed by atoms with van der Waals surface area (Å²) in [6.45, 7) is 0.456. The predicted molar refractivity (Wildman–Crippen MR) is 101 cm³/mol. The Morgan fingerprint density at radius 2 is 1.73 bits per heavy atom. The highest BCUT2D eigenvalue weighted by Gasteiger charge is 2.08. The highest BCUT2D eigenvalue weighted by Crippen LogP contribution is 2.22. The summed E-state index contributed by atoms with van der Waals surface area (Å²) in [5, 5.41) is 15.7. The molecule has 0 aliphatic rings. The molecule has 0 spiro atoms. The van der Waals surface area contributed by atoms with Crippen LogP contribution in [0.1, 0.15) is 16.8 Å². The zero-order valence-electron chi connectivity index (χ0n) is 14.3. The number of non-ortho nitro benzene ring substituents is 1. The average molecular weight is 350 g/mol. The smallest absolute Gasteiger partial charge is 0.269 e. The Morgan fingerprint density at radius 3 is 2.42 bits per heavy atom. The number of nitrogens with zero attached hydrogens (tertiary/aromatic N) is 1. The molecule has 0 amide bonds. The fraction of sp³-hybridized carbons (Fsp3) is 0.150. The van der Waals surface area contributed by atoms with Crippen molar-refractivity contribution in [2.75, 3.05) is 19.0 Å². The van der Waals surface area contributed by atoms with Gasteiger partial charge in [-0.05, 0) is 41.1 Å². The van der Waals surface area contributed by atoms with Crippen LogP contribution in [0.4, 0.5) is 11.4 Å². The zero-order chi connectivity index (χ0) is 18.5. The number of hydrogen-bond donors (Lipinski definition) is 1. The van der Waals surface area contributed by atoms with Gasteiger partial charge in [0.25, 0.3) is 5.69 Å². The summed E-state index contributed by atoms with van der Waals surface area (Å²) in [6, 6.07) is 17.5. The van der Waals surface area contributed by atoms with Crippen molar-refractivity contribution in [2.24, 2.45) is 0 Å². The summed E-state index contributed by atoms with van der Waals surface area (Å²) >= 11 is 0. The molecule has 0 saturated heterocycles. The summed E-state index contributed by atoms with van der Waals surface area (Å²) < 4.78 is 5.20. The fourth-order valence-electron chi connectivity index (χ4n) is 2.69. The Balaban J connectivity index is 1.61. The number of hydrogen-bond acceptors (Lipinski definition) is 5. The van der Waals surface area contributed by atoms with Crippen LogP contribution in [-0.2, 0) is 0 Å². The Labute approximate surface area is 150 Å². The first-order valence-corrected chi connectivity index (χ1v) is 8.16. The van der Waals surface area contributed by atoms with E-state index >= 15 is 0 Å². The number of nitro benzene ring substituents is 1. The van der Waals surface area contributed by atoms with Crippen molar-refractivity contribution in [3.63, 3.8) is 0 Å². The second kappa shape index (κ2) is 7.65. The zero-order valence-corrected chi connectivity index (χ0v) is 14.3. The molecule has 0 radical (unpaired) electrons. The van der Waals surface area contributed by atoms with Crippen LogP contribution < -0.4 is 10.1 Å². The van der Waals surface area contributed by atoms with Crippen LogP contribution in [0, 0.1) is 10.1 Å². The summed E-state index contributed by atoms with van der Waals surface area (Å²) in [5.41, 5.74) is 1.45. The van der Waals surface area contributed by atoms with Gasteiger partial charge in [0.2, 0.25) is 0 Å². The van der Waals surface area contributed by atoms with Crippen molar-refractivity contribution >= 4 is 27.9 Å². The Bertz CT molecular complexity index is 952. The van der Waals surface area contributed by atoms with Gasteiger partial charge in [-0.15, -0.1) is 0 Å². The van der Waals surface area contributed by atoms with Gasteiger partial charge in [-0.3, -0.25) is 14.9 Å². The maximum atomic E-state index is 12.4. The molecule has 6 nitrogen and oxygen atoms in total. The number of ether oxygens (including phenoxy) is 1. The Kier molecular flexibility index (Phi) is 5.12. The number of Topliss-reactive ketones (excluding diaryl/α,β-unsaturated/α-hetero) is 1. The monoisotopic (exact) mass is 350 g/mol. The predicted octanol–water partition coefficient (Wildman–Crippen LogP) is 4.44. The molecule has 0 aromatic heterocycles. The summed E-state index contributed by atoms with van der Waals surface area (Å²) in [4.78, 5) is 22.6. The molecule has 0 heterocycles. The third kappa shape index (κ3) is 3.97. The van der Waals surface area contributed by atoms with Crippen molar-refractivity contribution in [1.82, 2.24) is 0 Å². The second-order valence-electron chi connectivity index (χ2n) is 5.83. The van der Waals surface area contributed by atoms with Crippen LogP contribution in [0.2, 0.25) is 0 Å². The van der Waals surface area contributed by atoms with Gasteiger partial charge in [0.1, 0.15) is 5.75 Å². The molecule has 26 heavy (non-hydrogen) atoms. The van der Waals surface area contributed by atoms with E-state index in [1.54, 1.807) is 19.2 Å². The van der Waals surface area contributed by atoms with E-state index < -0.39 is 4.92 Å². The van der Waals surface area contributed by atoms with Crippen molar-refractivity contribution in [3.8, 4) is 5.75 Å². The number of carbonyl (C=O) groups excluding carboxylic acids is 1. The number of rotatable bonds is 7. The minimum Gasteiger partial charge on any atom is -0.497 e. The minimum atomic E-state index is -0.442. The SMILES string of the molecule is COc1ccc2cc(C(=O)CCNc3ccc([N+](=O)[O-])cc3)ccc2c1. The lowest BCUT2D eigenvalue weighted by Gasteiger charge is -2.07. The number of carbonyl (C=O) groups is 1.